The number of carbonyl (C=O) groups excluding carboxylic acids is 1. The molecule has 0 aliphatic rings. The molecule has 1 atom stereocenters. The average molecular weight is 173 g/mol. The molecule has 0 aliphatic heterocycles. The van der Waals surface area contributed by atoms with Crippen LogP contribution in [0.3, 0.4) is 0 Å². The van der Waals surface area contributed by atoms with Crippen LogP contribution in [-0.4, -0.2) is 11.8 Å². The summed E-state index contributed by atoms with van der Waals surface area (Å²) >= 11 is 0. The van der Waals surface area contributed by atoms with Gasteiger partial charge in [-0.2, -0.15) is 0 Å². The lowest BCUT2D eigenvalue weighted by Crippen LogP contribution is -2.37. The van der Waals surface area contributed by atoms with Gasteiger partial charge in [-0.05, 0) is 26.2 Å². The second-order valence-electron chi connectivity index (χ2n) is 2.80. The van der Waals surface area contributed by atoms with E-state index in [9.17, 15) is 4.79 Å². The number of hydrogen-bond donors (Lipinski definition) is 1. The predicted octanol–water partition coefficient (Wildman–Crippen LogP) is 2.53. The Kier molecular flexibility index (Phi) is 9.83. The maximum atomic E-state index is 10.3. The summed E-state index contributed by atoms with van der Waals surface area (Å²) in [7, 11) is 0. The fourth-order valence-corrected chi connectivity index (χ4v) is 0.686. The van der Waals surface area contributed by atoms with Crippen LogP contribution in [0.2, 0.25) is 0 Å². The van der Waals surface area contributed by atoms with Crippen molar-refractivity contribution >= 4 is 6.29 Å². The van der Waals surface area contributed by atoms with Gasteiger partial charge in [-0.15, -0.1) is 6.58 Å². The molecule has 0 rings (SSSR count). The lowest BCUT2D eigenvalue weighted by molar-refractivity contribution is -0.111. The Morgan fingerprint density at radius 1 is 1.58 bits per heavy atom. The van der Waals surface area contributed by atoms with Gasteiger partial charge in [0.15, 0.2) is 0 Å². The summed E-state index contributed by atoms with van der Waals surface area (Å²) < 4.78 is 0. The fourth-order valence-electron chi connectivity index (χ4n) is 0.686. The highest BCUT2D eigenvalue weighted by Gasteiger charge is 2.14. The zero-order chi connectivity index (χ0) is 10.0. The van der Waals surface area contributed by atoms with Gasteiger partial charge in [-0.3, -0.25) is 0 Å². The molecule has 12 heavy (non-hydrogen) atoms. The van der Waals surface area contributed by atoms with Crippen LogP contribution in [0.15, 0.2) is 12.7 Å². The van der Waals surface area contributed by atoms with E-state index in [0.717, 1.165) is 25.5 Å². The molecule has 0 heterocycles. The predicted molar refractivity (Wildman–Crippen MR) is 56.2 cm³/mol. The van der Waals surface area contributed by atoms with Gasteiger partial charge in [-0.25, -0.2) is 0 Å². The van der Waals surface area contributed by atoms with Gasteiger partial charge in [0.05, 0.1) is 5.54 Å². The quantitative estimate of drug-likeness (QED) is 0.394. The van der Waals surface area contributed by atoms with Crippen LogP contribution >= 0.6 is 0 Å². The van der Waals surface area contributed by atoms with E-state index in [1.807, 2.05) is 19.9 Å². The van der Waals surface area contributed by atoms with Crippen LogP contribution in [0.4, 0.5) is 0 Å². The minimum absolute atomic E-state index is 0. The largest absolute Gasteiger partial charge is 0.319 e. The van der Waals surface area contributed by atoms with Crippen molar-refractivity contribution < 1.29 is 6.22 Å². The van der Waals surface area contributed by atoms with Gasteiger partial charge >= 0.3 is 0 Å². The second kappa shape index (κ2) is 8.47. The van der Waals surface area contributed by atoms with Gasteiger partial charge < -0.3 is 10.5 Å². The van der Waals surface area contributed by atoms with E-state index < -0.39 is 5.54 Å². The summed E-state index contributed by atoms with van der Waals surface area (Å²) in [4.78, 5) is 10.3. The Morgan fingerprint density at radius 3 is 2.42 bits per heavy atom. The molecule has 0 amide bonds. The number of carbonyl (C=O) groups is 1. The highest BCUT2D eigenvalue weighted by atomic mass is 16.1. The van der Waals surface area contributed by atoms with Gasteiger partial charge in [0.1, 0.15) is 6.29 Å². The number of hydrogen-bond acceptors (Lipinski definition) is 2. The molecular formula is C10H23NO. The molecule has 2 N–H and O–H groups in total. The molecule has 2 heteroatoms. The molecule has 0 spiro atoms. The maximum absolute atomic E-state index is 10.3. The van der Waals surface area contributed by atoms with E-state index in [0.29, 0.717) is 0 Å². The lowest BCUT2D eigenvalue weighted by Gasteiger charge is -2.15. The normalized spacial score (nSPS) is 13.7. The molecule has 0 saturated carbocycles. The summed E-state index contributed by atoms with van der Waals surface area (Å²) in [5.74, 6) is 0. The van der Waals surface area contributed by atoms with Gasteiger partial charge in [0, 0.05) is 1.43 Å². The highest BCUT2D eigenvalue weighted by Crippen LogP contribution is 2.07. The number of rotatable bonds is 5. The molecule has 0 radical (unpaired) electrons. The first-order valence-corrected chi connectivity index (χ1v) is 4.48. The number of allylic oxidation sites excluding steroid dienone is 1. The maximum Gasteiger partial charge on any atom is 0.139 e. The summed E-state index contributed by atoms with van der Waals surface area (Å²) in [6, 6.07) is 0. The first kappa shape index (κ1) is 13.9. The lowest BCUT2D eigenvalue weighted by atomic mass is 9.98. The summed E-state index contributed by atoms with van der Waals surface area (Å²) in [6.45, 7) is 9.32. The van der Waals surface area contributed by atoms with E-state index >= 15 is 0 Å². The monoisotopic (exact) mass is 173 g/mol. The molecule has 0 fully saturated rings. The number of aldehydes is 1. The SMILES string of the molecule is C=CCCC[C@@](C)(N)C=O.CC.[HH]. The molecule has 0 aromatic heterocycles. The molecule has 0 bridgehead atoms. The Balaban J connectivity index is -0.000000309. The topological polar surface area (TPSA) is 43.1 Å². The standard InChI is InChI=1S/C8H15NO.C2H6.H2/c1-3-4-5-6-8(2,9)7-10;1-2;/h3,7H,1,4-6,9H2,2H3;1-2H3;1H/t8-;;/m1../s1. The van der Waals surface area contributed by atoms with Crippen LogP contribution in [0.5, 0.6) is 0 Å². The first-order chi connectivity index (χ1) is 5.62. The molecule has 0 aromatic carbocycles. The Hall–Kier alpha value is -0.630. The Labute approximate surface area is 77.3 Å². The van der Waals surface area contributed by atoms with Crippen molar-refractivity contribution in [2.24, 2.45) is 5.73 Å². The Bertz CT molecular complexity index is 124. The van der Waals surface area contributed by atoms with E-state index in [1.54, 1.807) is 6.92 Å². The van der Waals surface area contributed by atoms with E-state index in [-0.39, 0.29) is 1.43 Å². The van der Waals surface area contributed by atoms with Gasteiger partial charge in [-0.1, -0.05) is 19.9 Å². The van der Waals surface area contributed by atoms with Crippen molar-refractivity contribution in [1.82, 2.24) is 0 Å². The zero-order valence-corrected chi connectivity index (χ0v) is 8.47. The van der Waals surface area contributed by atoms with Crippen LogP contribution in [-0.2, 0) is 4.79 Å². The zero-order valence-electron chi connectivity index (χ0n) is 8.47. The van der Waals surface area contributed by atoms with Crippen LogP contribution in [0, 0.1) is 0 Å². The van der Waals surface area contributed by atoms with Gasteiger partial charge in [0.25, 0.3) is 0 Å². The molecule has 0 aliphatic carbocycles. The third-order valence-corrected chi connectivity index (χ3v) is 1.39. The first-order valence-electron chi connectivity index (χ1n) is 4.48. The van der Waals surface area contributed by atoms with Crippen molar-refractivity contribution in [3.63, 3.8) is 0 Å². The van der Waals surface area contributed by atoms with Crippen molar-refractivity contribution in [3.05, 3.63) is 12.7 Å². The van der Waals surface area contributed by atoms with Crippen LogP contribution in [0.1, 0.15) is 41.5 Å². The molecule has 0 aromatic rings. The van der Waals surface area contributed by atoms with E-state index in [4.69, 9.17) is 5.73 Å². The summed E-state index contributed by atoms with van der Waals surface area (Å²) in [6.07, 6.45) is 5.25. The van der Waals surface area contributed by atoms with Crippen LogP contribution in [0.25, 0.3) is 0 Å². The highest BCUT2D eigenvalue weighted by molar-refractivity contribution is 5.62. The Morgan fingerprint density at radius 2 is 2.08 bits per heavy atom. The smallest absolute Gasteiger partial charge is 0.139 e. The van der Waals surface area contributed by atoms with Crippen LogP contribution < -0.4 is 5.73 Å². The number of unbranched alkanes of at least 4 members (excludes halogenated alkanes) is 1. The van der Waals surface area contributed by atoms with E-state index in [1.165, 1.54) is 0 Å². The average Bonchev–Trinajstić information content (AvgIpc) is 2.09. The minimum atomic E-state index is -0.636. The molecule has 0 unspecified atom stereocenters. The molecule has 2 nitrogen and oxygen atoms in total. The van der Waals surface area contributed by atoms with Crippen molar-refractivity contribution in [2.45, 2.75) is 45.6 Å². The molecule has 74 valence electrons. The van der Waals surface area contributed by atoms with E-state index in [2.05, 4.69) is 6.58 Å². The molecular weight excluding hydrogens is 150 g/mol. The third-order valence-electron chi connectivity index (χ3n) is 1.39. The number of nitrogens with two attached hydrogens (primary N) is 1. The summed E-state index contributed by atoms with van der Waals surface area (Å²) in [5.41, 5.74) is 4.92. The molecule has 0 saturated heterocycles. The second-order valence-corrected chi connectivity index (χ2v) is 2.80. The summed E-state index contributed by atoms with van der Waals surface area (Å²) in [5, 5.41) is 0. The van der Waals surface area contributed by atoms with Crippen molar-refractivity contribution in [3.8, 4) is 0 Å². The van der Waals surface area contributed by atoms with Crippen molar-refractivity contribution in [1.29, 1.82) is 0 Å². The van der Waals surface area contributed by atoms with Crippen molar-refractivity contribution in [2.75, 3.05) is 0 Å². The third kappa shape index (κ3) is 9.37. The minimum Gasteiger partial charge on any atom is -0.319 e. The fraction of sp³-hybridized carbons (Fsp3) is 0.700. The van der Waals surface area contributed by atoms with Gasteiger partial charge in [0.2, 0.25) is 0 Å².